The van der Waals surface area contributed by atoms with Crippen LogP contribution >= 0.6 is 11.8 Å². The van der Waals surface area contributed by atoms with E-state index >= 15 is 0 Å². The molecule has 0 fully saturated rings. The van der Waals surface area contributed by atoms with Gasteiger partial charge in [0.1, 0.15) is 0 Å². The van der Waals surface area contributed by atoms with Gasteiger partial charge in [-0.3, -0.25) is 0 Å². The molecule has 0 aromatic heterocycles. The molecule has 1 nitrogen and oxygen atoms in total. The van der Waals surface area contributed by atoms with Gasteiger partial charge in [0.05, 0.1) is 17.4 Å². The summed E-state index contributed by atoms with van der Waals surface area (Å²) in [5.74, 6) is 0. The van der Waals surface area contributed by atoms with Gasteiger partial charge in [0.15, 0.2) is 0 Å². The number of para-hydroxylation sites is 2. The van der Waals surface area contributed by atoms with E-state index in [9.17, 15) is 0 Å². The van der Waals surface area contributed by atoms with Crippen molar-refractivity contribution in [3.05, 3.63) is 120 Å². The molecule has 27 heavy (non-hydrogen) atoms. The standard InChI is InChI=1S/C25H19NS/c1-3-11-19(12-4-1)25(20-13-5-2-6-14-20)26-21-15-7-9-17-23(21)27-24-18-10-8-16-22(24)26/h1-18,25H. The highest BCUT2D eigenvalue weighted by Gasteiger charge is 2.30. The summed E-state index contributed by atoms with van der Waals surface area (Å²) < 4.78 is 0. The van der Waals surface area contributed by atoms with Crippen LogP contribution in [0.25, 0.3) is 0 Å². The zero-order chi connectivity index (χ0) is 18.1. The van der Waals surface area contributed by atoms with Crippen LogP contribution in [0.3, 0.4) is 0 Å². The first-order valence-corrected chi connectivity index (χ1v) is 9.98. The maximum Gasteiger partial charge on any atom is 0.0845 e. The van der Waals surface area contributed by atoms with E-state index in [-0.39, 0.29) is 6.04 Å². The fraction of sp³-hybridized carbons (Fsp3) is 0.0400. The van der Waals surface area contributed by atoms with Crippen molar-refractivity contribution in [1.29, 1.82) is 0 Å². The molecule has 2 heteroatoms. The molecule has 4 aromatic rings. The second kappa shape index (κ2) is 6.98. The summed E-state index contributed by atoms with van der Waals surface area (Å²) in [6, 6.07) is 39.1. The molecule has 1 heterocycles. The topological polar surface area (TPSA) is 3.24 Å². The van der Waals surface area contributed by atoms with Crippen LogP contribution in [0.5, 0.6) is 0 Å². The predicted molar refractivity (Wildman–Crippen MR) is 114 cm³/mol. The largest absolute Gasteiger partial charge is 0.328 e. The summed E-state index contributed by atoms with van der Waals surface area (Å²) >= 11 is 1.85. The van der Waals surface area contributed by atoms with Gasteiger partial charge >= 0.3 is 0 Å². The van der Waals surface area contributed by atoms with Crippen molar-refractivity contribution in [3.63, 3.8) is 0 Å². The van der Waals surface area contributed by atoms with Crippen molar-refractivity contribution in [3.8, 4) is 0 Å². The van der Waals surface area contributed by atoms with Crippen LogP contribution in [0.4, 0.5) is 11.4 Å². The van der Waals surface area contributed by atoms with Gasteiger partial charge in [-0.25, -0.2) is 0 Å². The SMILES string of the molecule is c1ccc(C(c2ccccc2)N2c3ccccc3Sc3ccccc32)cc1. The number of hydrogen-bond donors (Lipinski definition) is 0. The van der Waals surface area contributed by atoms with Gasteiger partial charge in [-0.15, -0.1) is 0 Å². The molecule has 0 aliphatic carbocycles. The molecule has 5 rings (SSSR count). The summed E-state index contributed by atoms with van der Waals surface area (Å²) in [5.41, 5.74) is 5.11. The van der Waals surface area contributed by atoms with E-state index < -0.39 is 0 Å². The highest BCUT2D eigenvalue weighted by Crippen LogP contribution is 2.52. The Balaban J connectivity index is 1.77. The molecule has 1 aliphatic heterocycles. The van der Waals surface area contributed by atoms with E-state index in [1.807, 2.05) is 11.8 Å². The van der Waals surface area contributed by atoms with Gasteiger partial charge < -0.3 is 4.90 Å². The molecule has 0 atom stereocenters. The first-order valence-electron chi connectivity index (χ1n) is 9.17. The Morgan fingerprint density at radius 3 is 1.37 bits per heavy atom. The van der Waals surface area contributed by atoms with Crippen LogP contribution in [-0.4, -0.2) is 0 Å². The number of anilines is 2. The number of benzene rings is 4. The lowest BCUT2D eigenvalue weighted by atomic mass is 9.95. The molecule has 0 unspecified atom stereocenters. The minimum absolute atomic E-state index is 0.121. The molecular formula is C25H19NS. The molecule has 0 amide bonds. The van der Waals surface area contributed by atoms with Crippen molar-refractivity contribution in [1.82, 2.24) is 0 Å². The van der Waals surface area contributed by atoms with Gasteiger partial charge in [-0.2, -0.15) is 0 Å². The van der Waals surface area contributed by atoms with Crippen LogP contribution in [0, 0.1) is 0 Å². The van der Waals surface area contributed by atoms with Crippen molar-refractivity contribution < 1.29 is 0 Å². The third kappa shape index (κ3) is 2.92. The van der Waals surface area contributed by atoms with Crippen molar-refractivity contribution >= 4 is 23.1 Å². The summed E-state index contributed by atoms with van der Waals surface area (Å²) in [4.78, 5) is 5.09. The monoisotopic (exact) mass is 365 g/mol. The maximum absolute atomic E-state index is 2.49. The van der Waals surface area contributed by atoms with Gasteiger partial charge in [0.25, 0.3) is 0 Å². The molecule has 0 bridgehead atoms. The van der Waals surface area contributed by atoms with Crippen LogP contribution in [-0.2, 0) is 0 Å². The second-order valence-electron chi connectivity index (χ2n) is 6.63. The van der Waals surface area contributed by atoms with E-state index in [4.69, 9.17) is 0 Å². The minimum atomic E-state index is 0.121. The lowest BCUT2D eigenvalue weighted by molar-refractivity contribution is 0.801. The first kappa shape index (κ1) is 16.2. The molecule has 0 saturated heterocycles. The van der Waals surface area contributed by atoms with E-state index in [0.717, 1.165) is 0 Å². The van der Waals surface area contributed by atoms with Crippen LogP contribution in [0.1, 0.15) is 17.2 Å². The van der Waals surface area contributed by atoms with Crippen molar-refractivity contribution in [2.75, 3.05) is 4.90 Å². The smallest absolute Gasteiger partial charge is 0.0845 e. The Morgan fingerprint density at radius 2 is 0.889 bits per heavy atom. The van der Waals surface area contributed by atoms with E-state index in [1.165, 1.54) is 32.3 Å². The second-order valence-corrected chi connectivity index (χ2v) is 7.72. The summed E-state index contributed by atoms with van der Waals surface area (Å²) in [5, 5.41) is 0. The Bertz CT molecular complexity index is 975. The first-order chi connectivity index (χ1) is 13.4. The number of fused-ring (bicyclic) bond motifs is 2. The highest BCUT2D eigenvalue weighted by molar-refractivity contribution is 7.99. The molecule has 4 aromatic carbocycles. The molecule has 0 spiro atoms. The summed E-state index contributed by atoms with van der Waals surface area (Å²) in [6.07, 6.45) is 0. The Kier molecular flexibility index (Phi) is 4.19. The summed E-state index contributed by atoms with van der Waals surface area (Å²) in [7, 11) is 0. The van der Waals surface area contributed by atoms with Gasteiger partial charge in [0, 0.05) is 9.79 Å². The predicted octanol–water partition coefficient (Wildman–Crippen LogP) is 7.08. The fourth-order valence-electron chi connectivity index (χ4n) is 3.77. The zero-order valence-corrected chi connectivity index (χ0v) is 15.6. The number of rotatable bonds is 3. The normalized spacial score (nSPS) is 12.6. The quantitative estimate of drug-likeness (QED) is 0.382. The number of hydrogen-bond acceptors (Lipinski definition) is 2. The molecule has 0 N–H and O–H groups in total. The Labute approximate surface area is 164 Å². The van der Waals surface area contributed by atoms with E-state index in [2.05, 4.69) is 114 Å². The third-order valence-corrected chi connectivity index (χ3v) is 6.09. The van der Waals surface area contributed by atoms with Gasteiger partial charge in [0.2, 0.25) is 0 Å². The molecular weight excluding hydrogens is 346 g/mol. The average Bonchev–Trinajstić information content (AvgIpc) is 2.75. The van der Waals surface area contributed by atoms with E-state index in [0.29, 0.717) is 0 Å². The highest BCUT2D eigenvalue weighted by atomic mass is 32.2. The lowest BCUT2D eigenvalue weighted by Crippen LogP contribution is -2.27. The van der Waals surface area contributed by atoms with Crippen LogP contribution in [0.15, 0.2) is 119 Å². The molecule has 0 saturated carbocycles. The van der Waals surface area contributed by atoms with Gasteiger partial charge in [-0.05, 0) is 35.4 Å². The van der Waals surface area contributed by atoms with Gasteiger partial charge in [-0.1, -0.05) is 96.7 Å². The third-order valence-electron chi connectivity index (χ3n) is 4.96. The Morgan fingerprint density at radius 1 is 0.481 bits per heavy atom. The van der Waals surface area contributed by atoms with Crippen LogP contribution < -0.4 is 4.90 Å². The van der Waals surface area contributed by atoms with Crippen LogP contribution in [0.2, 0.25) is 0 Å². The minimum Gasteiger partial charge on any atom is -0.328 e. The van der Waals surface area contributed by atoms with E-state index in [1.54, 1.807) is 0 Å². The molecule has 130 valence electrons. The average molecular weight is 366 g/mol. The number of nitrogens with zero attached hydrogens (tertiary/aromatic N) is 1. The summed E-state index contributed by atoms with van der Waals surface area (Å²) in [6.45, 7) is 0. The molecule has 0 radical (unpaired) electrons. The maximum atomic E-state index is 2.49. The van der Waals surface area contributed by atoms with Crippen molar-refractivity contribution in [2.24, 2.45) is 0 Å². The fourth-order valence-corrected chi connectivity index (χ4v) is 4.84. The Hall–Kier alpha value is -2.97. The van der Waals surface area contributed by atoms with Crippen molar-refractivity contribution in [2.45, 2.75) is 15.8 Å². The zero-order valence-electron chi connectivity index (χ0n) is 14.8. The molecule has 1 aliphatic rings. The lowest BCUT2D eigenvalue weighted by Gasteiger charge is -2.39.